The Morgan fingerprint density at radius 1 is 1.18 bits per heavy atom. The fraction of sp³-hybridized carbons (Fsp3) is 0.273. The monoisotopic (exact) mass is 268 g/mol. The Hall–Kier alpha value is -1.27. The van der Waals surface area contributed by atoms with Crippen molar-refractivity contribution in [3.8, 4) is 0 Å². The van der Waals surface area contributed by atoms with Crippen molar-refractivity contribution in [2.24, 2.45) is 0 Å². The van der Waals surface area contributed by atoms with E-state index < -0.39 is 0 Å². The zero-order valence-corrected chi connectivity index (χ0v) is 11.7. The second-order valence-electron chi connectivity index (χ2n) is 2.90. The zero-order valence-electron chi connectivity index (χ0n) is 10.1. The number of nitrogens with zero attached hydrogens (tertiary/aromatic N) is 2. The molecule has 0 saturated heterocycles. The van der Waals surface area contributed by atoms with Crippen LogP contribution in [0.5, 0.6) is 0 Å². The average molecular weight is 268 g/mol. The number of hydrogen-bond donors (Lipinski definition) is 2. The molecule has 1 aromatic heterocycles. The van der Waals surface area contributed by atoms with E-state index in [1.54, 1.807) is 0 Å². The summed E-state index contributed by atoms with van der Waals surface area (Å²) in [5, 5.41) is 9.64. The summed E-state index contributed by atoms with van der Waals surface area (Å²) in [7, 11) is 0. The summed E-state index contributed by atoms with van der Waals surface area (Å²) < 4.78 is 3.12. The van der Waals surface area contributed by atoms with Crippen LogP contribution in [-0.2, 0) is 0 Å². The van der Waals surface area contributed by atoms with E-state index in [-0.39, 0.29) is 0 Å². The fourth-order valence-electron chi connectivity index (χ4n) is 0.976. The number of nitrogens with one attached hydrogen (secondary N) is 1. The van der Waals surface area contributed by atoms with E-state index in [4.69, 9.17) is 5.73 Å². The van der Waals surface area contributed by atoms with Crippen LogP contribution in [0, 0.1) is 6.92 Å². The molecular formula is C11H16N4S2. The molecular weight excluding hydrogens is 252 g/mol. The van der Waals surface area contributed by atoms with Gasteiger partial charge in [0.15, 0.2) is 0 Å². The van der Waals surface area contributed by atoms with Gasteiger partial charge in [-0.15, -0.1) is 10.2 Å². The molecule has 0 aliphatic rings. The minimum atomic E-state index is 0.770. The average Bonchev–Trinajstić information content (AvgIpc) is 2.77. The van der Waals surface area contributed by atoms with Crippen LogP contribution < -0.4 is 10.5 Å². The first-order valence-corrected chi connectivity index (χ1v) is 6.96. The van der Waals surface area contributed by atoms with Crippen molar-refractivity contribution >= 4 is 34.1 Å². The summed E-state index contributed by atoms with van der Waals surface area (Å²) in [5.41, 5.74) is 6.36. The van der Waals surface area contributed by atoms with Crippen LogP contribution in [0.4, 0.5) is 10.8 Å². The topological polar surface area (TPSA) is 63.8 Å². The molecule has 0 spiro atoms. The summed E-state index contributed by atoms with van der Waals surface area (Å²) >= 11 is 3.03. The van der Waals surface area contributed by atoms with Crippen LogP contribution in [0.3, 0.4) is 0 Å². The molecule has 92 valence electrons. The number of nitrogens with two attached hydrogens (primary N) is 1. The van der Waals surface area contributed by atoms with Crippen molar-refractivity contribution in [1.29, 1.82) is 0 Å². The predicted octanol–water partition coefficient (Wildman–Crippen LogP) is 3.57. The maximum atomic E-state index is 5.59. The smallest absolute Gasteiger partial charge is 0.215 e. The van der Waals surface area contributed by atoms with Gasteiger partial charge in [-0.2, -0.15) is 0 Å². The maximum Gasteiger partial charge on any atom is 0.215 e. The van der Waals surface area contributed by atoms with E-state index in [9.17, 15) is 0 Å². The second kappa shape index (κ2) is 7.13. The molecule has 0 amide bonds. The number of benzene rings is 1. The summed E-state index contributed by atoms with van der Waals surface area (Å²) in [5.74, 6) is 0. The second-order valence-corrected chi connectivity index (χ2v) is 4.96. The van der Waals surface area contributed by atoms with E-state index >= 15 is 0 Å². The lowest BCUT2D eigenvalue weighted by atomic mass is 10.3. The molecule has 0 radical (unpaired) electrons. The van der Waals surface area contributed by atoms with E-state index in [0.29, 0.717) is 0 Å². The van der Waals surface area contributed by atoms with Gasteiger partial charge in [-0.1, -0.05) is 25.2 Å². The van der Waals surface area contributed by atoms with Gasteiger partial charge in [-0.3, -0.25) is 0 Å². The van der Waals surface area contributed by atoms with Gasteiger partial charge >= 0.3 is 0 Å². The molecule has 0 fully saturated rings. The molecule has 3 N–H and O–H groups in total. The minimum absolute atomic E-state index is 0.770. The van der Waals surface area contributed by atoms with Crippen molar-refractivity contribution < 1.29 is 0 Å². The molecule has 2 rings (SSSR count). The number of aromatic nitrogens is 2. The van der Waals surface area contributed by atoms with Gasteiger partial charge < -0.3 is 10.5 Å². The van der Waals surface area contributed by atoms with Crippen molar-refractivity contribution in [2.45, 2.75) is 25.7 Å². The first kappa shape index (κ1) is 13.8. The van der Waals surface area contributed by atoms with Crippen molar-refractivity contribution in [3.05, 3.63) is 29.3 Å². The summed E-state index contributed by atoms with van der Waals surface area (Å²) in [4.78, 5) is 1.09. The number of hydrogen-bond acceptors (Lipinski definition) is 6. The highest BCUT2D eigenvalue weighted by molar-refractivity contribution is 8.00. The van der Waals surface area contributed by atoms with Crippen molar-refractivity contribution in [3.63, 3.8) is 0 Å². The number of aryl methyl sites for hydroxylation is 1. The van der Waals surface area contributed by atoms with Crippen LogP contribution in [0.25, 0.3) is 0 Å². The SMILES string of the molecule is CC.Cc1nnc(NSc2ccc(N)cc2)s1. The first-order valence-electron chi connectivity index (χ1n) is 5.32. The molecule has 0 bridgehead atoms. The predicted molar refractivity (Wildman–Crippen MR) is 76.3 cm³/mol. The Labute approximate surface area is 110 Å². The highest BCUT2D eigenvalue weighted by Gasteiger charge is 2.00. The molecule has 1 heterocycles. The Balaban J connectivity index is 0.000000686. The third-order valence-electron chi connectivity index (χ3n) is 1.66. The molecule has 0 aliphatic heterocycles. The van der Waals surface area contributed by atoms with Crippen molar-refractivity contribution in [2.75, 3.05) is 10.5 Å². The Kier molecular flexibility index (Phi) is 5.79. The lowest BCUT2D eigenvalue weighted by molar-refractivity contribution is 1.06. The summed E-state index contributed by atoms with van der Waals surface area (Å²) in [6.45, 7) is 5.93. The lowest BCUT2D eigenvalue weighted by Gasteiger charge is -2.00. The Morgan fingerprint density at radius 2 is 1.82 bits per heavy atom. The van der Waals surface area contributed by atoms with Gasteiger partial charge in [0.05, 0.1) is 0 Å². The normalized spacial score (nSPS) is 9.35. The van der Waals surface area contributed by atoms with Gasteiger partial charge in [0.25, 0.3) is 0 Å². The number of nitrogen functional groups attached to an aromatic ring is 1. The molecule has 1 aromatic carbocycles. The van der Waals surface area contributed by atoms with Gasteiger partial charge in [-0.05, 0) is 43.1 Å². The van der Waals surface area contributed by atoms with Gasteiger partial charge in [-0.25, -0.2) is 0 Å². The zero-order chi connectivity index (χ0) is 12.7. The highest BCUT2D eigenvalue weighted by atomic mass is 32.2. The molecule has 4 nitrogen and oxygen atoms in total. The van der Waals surface area contributed by atoms with Gasteiger partial charge in [0.1, 0.15) is 5.01 Å². The Bertz CT molecular complexity index is 439. The van der Waals surface area contributed by atoms with Crippen LogP contribution >= 0.6 is 23.3 Å². The van der Waals surface area contributed by atoms with Gasteiger partial charge in [0, 0.05) is 10.6 Å². The van der Waals surface area contributed by atoms with E-state index in [2.05, 4.69) is 14.9 Å². The first-order chi connectivity index (χ1) is 8.24. The molecule has 6 heteroatoms. The van der Waals surface area contributed by atoms with Crippen LogP contribution in [0.1, 0.15) is 18.9 Å². The third-order valence-corrected chi connectivity index (χ3v) is 3.35. The molecule has 0 atom stereocenters. The quantitative estimate of drug-likeness (QED) is 0.658. The van der Waals surface area contributed by atoms with Crippen LogP contribution in [0.2, 0.25) is 0 Å². The third kappa shape index (κ3) is 4.62. The molecule has 0 saturated carbocycles. The number of anilines is 2. The highest BCUT2D eigenvalue weighted by Crippen LogP contribution is 2.23. The minimum Gasteiger partial charge on any atom is -0.399 e. The van der Waals surface area contributed by atoms with Crippen molar-refractivity contribution in [1.82, 2.24) is 10.2 Å². The summed E-state index contributed by atoms with van der Waals surface area (Å²) in [6, 6.07) is 7.66. The molecule has 0 unspecified atom stereocenters. The van der Waals surface area contributed by atoms with E-state index in [1.807, 2.05) is 45.0 Å². The van der Waals surface area contributed by atoms with Crippen LogP contribution in [-0.4, -0.2) is 10.2 Å². The molecule has 2 aromatic rings. The summed E-state index contributed by atoms with van der Waals surface area (Å²) in [6.07, 6.45) is 0. The lowest BCUT2D eigenvalue weighted by Crippen LogP contribution is -1.87. The van der Waals surface area contributed by atoms with E-state index in [1.165, 1.54) is 23.3 Å². The number of rotatable bonds is 3. The largest absolute Gasteiger partial charge is 0.399 e. The standard InChI is InChI=1S/C9H10N4S2.C2H6/c1-6-11-12-9(14-6)13-15-8-4-2-7(10)3-5-8;1-2/h2-5H,10H2,1H3,(H,12,13);1-2H3. The van der Waals surface area contributed by atoms with E-state index in [0.717, 1.165) is 20.7 Å². The van der Waals surface area contributed by atoms with Gasteiger partial charge in [0.2, 0.25) is 5.13 Å². The molecule has 0 aliphatic carbocycles. The Morgan fingerprint density at radius 3 is 2.35 bits per heavy atom. The fourth-order valence-corrected chi connectivity index (χ4v) is 2.23. The maximum absolute atomic E-state index is 5.59. The van der Waals surface area contributed by atoms with Crippen LogP contribution in [0.15, 0.2) is 29.2 Å². The molecule has 17 heavy (non-hydrogen) atoms.